The molecule has 0 N–H and O–H groups in total. The maximum absolute atomic E-state index is 12.8. The van der Waals surface area contributed by atoms with Gasteiger partial charge >= 0.3 is 0 Å². The van der Waals surface area contributed by atoms with Crippen molar-refractivity contribution in [1.29, 1.82) is 0 Å². The molecule has 3 aromatic rings. The number of thiazole rings is 1. The number of fused-ring (bicyclic) bond motifs is 1. The highest BCUT2D eigenvalue weighted by molar-refractivity contribution is 7.22. The Labute approximate surface area is 162 Å². The Morgan fingerprint density at radius 3 is 2.48 bits per heavy atom. The van der Waals surface area contributed by atoms with E-state index in [1.54, 1.807) is 11.3 Å². The number of nitrogens with zero attached hydrogens (tertiary/aromatic N) is 5. The summed E-state index contributed by atoms with van der Waals surface area (Å²) in [6.07, 6.45) is 1.82. The summed E-state index contributed by atoms with van der Waals surface area (Å²) in [5, 5.41) is 1.03. The van der Waals surface area contributed by atoms with Crippen molar-refractivity contribution in [2.24, 2.45) is 5.92 Å². The molecule has 0 unspecified atom stereocenters. The molecule has 0 spiro atoms. The molecule has 138 valence electrons. The molecule has 2 aromatic heterocycles. The van der Waals surface area contributed by atoms with Crippen molar-refractivity contribution >= 4 is 38.4 Å². The average molecular weight is 379 g/mol. The van der Waals surface area contributed by atoms with Gasteiger partial charge in [0, 0.05) is 45.5 Å². The molecule has 2 aliphatic heterocycles. The van der Waals surface area contributed by atoms with Crippen molar-refractivity contribution in [2.75, 3.05) is 49.1 Å². The molecule has 2 fully saturated rings. The lowest BCUT2D eigenvalue weighted by Gasteiger charge is -2.42. The van der Waals surface area contributed by atoms with E-state index in [0.29, 0.717) is 0 Å². The Morgan fingerprint density at radius 2 is 1.74 bits per heavy atom. The van der Waals surface area contributed by atoms with Crippen molar-refractivity contribution < 1.29 is 4.79 Å². The molecule has 0 saturated carbocycles. The topological polar surface area (TPSA) is 52.6 Å². The smallest absolute Gasteiger partial charge is 0.229 e. The van der Waals surface area contributed by atoms with Gasteiger partial charge < -0.3 is 14.7 Å². The Kier molecular flexibility index (Phi) is 4.16. The molecule has 0 bridgehead atoms. The van der Waals surface area contributed by atoms with Gasteiger partial charge in [-0.1, -0.05) is 29.5 Å². The lowest BCUT2D eigenvalue weighted by atomic mass is 9.99. The van der Waals surface area contributed by atoms with Crippen LogP contribution in [0.1, 0.15) is 0 Å². The minimum atomic E-state index is 0.0958. The highest BCUT2D eigenvalue weighted by atomic mass is 32.1. The zero-order chi connectivity index (χ0) is 18.2. The molecular formula is C20H21N5OS. The molecule has 7 heteroatoms. The first-order valence-corrected chi connectivity index (χ1v) is 10.1. The molecule has 0 radical (unpaired) electrons. The van der Waals surface area contributed by atoms with Crippen molar-refractivity contribution in [1.82, 2.24) is 14.9 Å². The van der Waals surface area contributed by atoms with Gasteiger partial charge in [0.2, 0.25) is 5.91 Å². The number of carbonyl (C=O) groups is 1. The van der Waals surface area contributed by atoms with Gasteiger partial charge in [-0.05, 0) is 24.3 Å². The summed E-state index contributed by atoms with van der Waals surface area (Å²) in [6.45, 7) is 4.78. The van der Waals surface area contributed by atoms with Crippen LogP contribution in [-0.4, -0.2) is 60.0 Å². The minimum Gasteiger partial charge on any atom is -0.353 e. The standard InChI is InChI=1S/C20H21N5OS/c26-19(24-11-9-23(10-12-24)18-7-3-4-8-21-18)15-13-25(14-15)20-22-16-5-1-2-6-17(16)27-20/h1-8,15H,9-14H2. The number of pyridine rings is 1. The van der Waals surface area contributed by atoms with Crippen LogP contribution in [0.3, 0.4) is 0 Å². The van der Waals surface area contributed by atoms with E-state index in [1.807, 2.05) is 47.5 Å². The molecule has 6 nitrogen and oxygen atoms in total. The van der Waals surface area contributed by atoms with Crippen molar-refractivity contribution in [3.63, 3.8) is 0 Å². The van der Waals surface area contributed by atoms with Crippen LogP contribution in [-0.2, 0) is 4.79 Å². The zero-order valence-corrected chi connectivity index (χ0v) is 15.8. The number of para-hydroxylation sites is 1. The molecular weight excluding hydrogens is 358 g/mol. The fraction of sp³-hybridized carbons (Fsp3) is 0.350. The molecule has 0 aliphatic carbocycles. The summed E-state index contributed by atoms with van der Waals surface area (Å²) in [4.78, 5) is 28.4. The first kappa shape index (κ1) is 16.5. The van der Waals surface area contributed by atoms with Gasteiger partial charge in [0.1, 0.15) is 5.82 Å². The summed E-state index contributed by atoms with van der Waals surface area (Å²) < 4.78 is 1.20. The monoisotopic (exact) mass is 379 g/mol. The van der Waals surface area contributed by atoms with Crippen molar-refractivity contribution in [3.05, 3.63) is 48.7 Å². The van der Waals surface area contributed by atoms with Gasteiger partial charge in [0.25, 0.3) is 0 Å². The average Bonchev–Trinajstić information content (AvgIpc) is 3.11. The maximum atomic E-state index is 12.8. The van der Waals surface area contributed by atoms with Crippen LogP contribution < -0.4 is 9.80 Å². The fourth-order valence-corrected chi connectivity index (χ4v) is 4.72. The summed E-state index contributed by atoms with van der Waals surface area (Å²) in [5.74, 6) is 1.38. The van der Waals surface area contributed by atoms with E-state index < -0.39 is 0 Å². The SMILES string of the molecule is O=C(C1CN(c2nc3ccccc3s2)C1)N1CCN(c2ccccn2)CC1. The van der Waals surface area contributed by atoms with Gasteiger partial charge in [-0.2, -0.15) is 0 Å². The van der Waals surface area contributed by atoms with E-state index in [1.165, 1.54) is 4.70 Å². The number of carbonyl (C=O) groups excluding carboxylic acids is 1. The van der Waals surface area contributed by atoms with Crippen molar-refractivity contribution in [2.45, 2.75) is 0 Å². The second-order valence-corrected chi connectivity index (χ2v) is 8.08. The zero-order valence-electron chi connectivity index (χ0n) is 15.0. The van der Waals surface area contributed by atoms with Gasteiger partial charge in [-0.3, -0.25) is 4.79 Å². The first-order chi connectivity index (χ1) is 13.3. The van der Waals surface area contributed by atoms with Crippen LogP contribution in [0.2, 0.25) is 0 Å². The van der Waals surface area contributed by atoms with Crippen LogP contribution in [0.25, 0.3) is 10.2 Å². The number of anilines is 2. The van der Waals surface area contributed by atoms with E-state index in [9.17, 15) is 4.79 Å². The van der Waals surface area contributed by atoms with Crippen LogP contribution >= 0.6 is 11.3 Å². The van der Waals surface area contributed by atoms with E-state index in [-0.39, 0.29) is 11.8 Å². The lowest BCUT2D eigenvalue weighted by molar-refractivity contribution is -0.136. The number of benzene rings is 1. The Hall–Kier alpha value is -2.67. The molecule has 1 aromatic carbocycles. The second-order valence-electron chi connectivity index (χ2n) is 7.07. The maximum Gasteiger partial charge on any atom is 0.229 e. The third kappa shape index (κ3) is 3.12. The predicted molar refractivity (Wildman–Crippen MR) is 108 cm³/mol. The van der Waals surface area contributed by atoms with Crippen LogP contribution in [0.5, 0.6) is 0 Å². The van der Waals surface area contributed by atoms with Gasteiger partial charge in [-0.15, -0.1) is 0 Å². The largest absolute Gasteiger partial charge is 0.353 e. The number of rotatable bonds is 3. The van der Waals surface area contributed by atoms with Gasteiger partial charge in [0.05, 0.1) is 16.1 Å². The third-order valence-electron chi connectivity index (χ3n) is 5.35. The molecule has 27 heavy (non-hydrogen) atoms. The van der Waals surface area contributed by atoms with E-state index in [0.717, 1.165) is 55.7 Å². The van der Waals surface area contributed by atoms with Crippen molar-refractivity contribution in [3.8, 4) is 0 Å². The lowest BCUT2D eigenvalue weighted by Crippen LogP contribution is -2.58. The van der Waals surface area contributed by atoms with Gasteiger partial charge in [0.15, 0.2) is 5.13 Å². The number of aromatic nitrogens is 2. The number of piperazine rings is 1. The second kappa shape index (κ2) is 6.81. The molecule has 4 heterocycles. The molecule has 0 atom stereocenters. The van der Waals surface area contributed by atoms with Crippen LogP contribution in [0.4, 0.5) is 10.9 Å². The van der Waals surface area contributed by atoms with E-state index in [4.69, 9.17) is 4.98 Å². The third-order valence-corrected chi connectivity index (χ3v) is 6.45. The quantitative estimate of drug-likeness (QED) is 0.700. The predicted octanol–water partition coefficient (Wildman–Crippen LogP) is 2.48. The Balaban J connectivity index is 1.16. The molecule has 1 amide bonds. The fourth-order valence-electron chi connectivity index (χ4n) is 3.74. The number of hydrogen-bond acceptors (Lipinski definition) is 6. The van der Waals surface area contributed by atoms with Crippen LogP contribution in [0, 0.1) is 5.92 Å². The summed E-state index contributed by atoms with van der Waals surface area (Å²) >= 11 is 1.70. The number of hydrogen-bond donors (Lipinski definition) is 0. The van der Waals surface area contributed by atoms with E-state index in [2.05, 4.69) is 20.9 Å². The summed E-state index contributed by atoms with van der Waals surface area (Å²) in [6, 6.07) is 14.1. The Bertz CT molecular complexity index is 912. The minimum absolute atomic E-state index is 0.0958. The van der Waals surface area contributed by atoms with Gasteiger partial charge in [-0.25, -0.2) is 9.97 Å². The highest BCUT2D eigenvalue weighted by Crippen LogP contribution is 2.33. The number of amides is 1. The summed E-state index contributed by atoms with van der Waals surface area (Å²) in [5.41, 5.74) is 1.04. The first-order valence-electron chi connectivity index (χ1n) is 9.33. The normalized spacial score (nSPS) is 18.0. The molecule has 5 rings (SSSR count). The summed E-state index contributed by atoms with van der Waals surface area (Å²) in [7, 11) is 0. The highest BCUT2D eigenvalue weighted by Gasteiger charge is 2.37. The molecule has 2 saturated heterocycles. The van der Waals surface area contributed by atoms with E-state index >= 15 is 0 Å². The van der Waals surface area contributed by atoms with Crippen LogP contribution in [0.15, 0.2) is 48.7 Å². The Morgan fingerprint density at radius 1 is 0.963 bits per heavy atom. The molecule has 2 aliphatic rings.